The van der Waals surface area contributed by atoms with Gasteiger partial charge in [0.15, 0.2) is 5.96 Å². The van der Waals surface area contributed by atoms with Crippen LogP contribution in [-0.4, -0.2) is 48.4 Å². The number of piperidine rings is 1. The summed E-state index contributed by atoms with van der Waals surface area (Å²) in [5.41, 5.74) is 0. The van der Waals surface area contributed by atoms with Gasteiger partial charge in [-0.05, 0) is 25.7 Å². The van der Waals surface area contributed by atoms with Gasteiger partial charge in [-0.2, -0.15) is 0 Å². The predicted octanol–water partition coefficient (Wildman–Crippen LogP) is 1.77. The molecule has 7 heteroatoms. The fourth-order valence-electron chi connectivity index (χ4n) is 2.72. The fraction of sp³-hybridized carbons (Fsp3) is 0.688. The van der Waals surface area contributed by atoms with E-state index in [1.165, 1.54) is 11.3 Å². The van der Waals surface area contributed by atoms with Crippen molar-refractivity contribution >= 4 is 23.2 Å². The molecule has 1 unspecified atom stereocenters. The van der Waals surface area contributed by atoms with Crippen LogP contribution < -0.4 is 10.6 Å². The number of amides is 1. The van der Waals surface area contributed by atoms with Crippen molar-refractivity contribution < 1.29 is 4.79 Å². The minimum absolute atomic E-state index is 0.232. The van der Waals surface area contributed by atoms with Gasteiger partial charge in [0.25, 0.3) is 0 Å². The zero-order valence-electron chi connectivity index (χ0n) is 14.3. The van der Waals surface area contributed by atoms with Crippen LogP contribution >= 0.6 is 11.3 Å². The van der Waals surface area contributed by atoms with E-state index in [9.17, 15) is 4.79 Å². The Bertz CT molecular complexity index is 542. The Balaban J connectivity index is 1.68. The van der Waals surface area contributed by atoms with Gasteiger partial charge in [-0.3, -0.25) is 9.79 Å². The highest BCUT2D eigenvalue weighted by Crippen LogP contribution is 2.15. The zero-order valence-corrected chi connectivity index (χ0v) is 15.1. The number of rotatable bonds is 5. The van der Waals surface area contributed by atoms with Crippen molar-refractivity contribution in [3.05, 3.63) is 16.1 Å². The van der Waals surface area contributed by atoms with Crippen LogP contribution in [0.3, 0.4) is 0 Å². The molecular formula is C16H27N5OS. The molecule has 1 aliphatic rings. The van der Waals surface area contributed by atoms with Crippen molar-refractivity contribution in [1.82, 2.24) is 20.5 Å². The summed E-state index contributed by atoms with van der Waals surface area (Å²) < 4.78 is 0. The van der Waals surface area contributed by atoms with Crippen molar-refractivity contribution in [2.75, 3.05) is 26.7 Å². The number of hydrogen-bond acceptors (Lipinski definition) is 4. The molecule has 2 heterocycles. The van der Waals surface area contributed by atoms with Crippen molar-refractivity contribution in [2.45, 2.75) is 39.7 Å². The molecule has 2 N–H and O–H groups in total. The van der Waals surface area contributed by atoms with Crippen molar-refractivity contribution in [1.29, 1.82) is 0 Å². The summed E-state index contributed by atoms with van der Waals surface area (Å²) in [6.07, 6.45) is 4.73. The predicted molar refractivity (Wildman–Crippen MR) is 94.6 cm³/mol. The lowest BCUT2D eigenvalue weighted by Gasteiger charge is -2.31. The number of guanidine groups is 1. The average molecular weight is 337 g/mol. The summed E-state index contributed by atoms with van der Waals surface area (Å²) in [6, 6.07) is 0. The Morgan fingerprint density at radius 2 is 2.35 bits per heavy atom. The van der Waals surface area contributed by atoms with Gasteiger partial charge in [0.2, 0.25) is 5.91 Å². The molecule has 1 atom stereocenters. The molecule has 1 aromatic rings. The first-order chi connectivity index (χ1) is 11.1. The van der Waals surface area contributed by atoms with E-state index in [0.29, 0.717) is 31.4 Å². The topological polar surface area (TPSA) is 69.6 Å². The Morgan fingerprint density at radius 3 is 3.00 bits per heavy atom. The Kier molecular flexibility index (Phi) is 6.83. The monoisotopic (exact) mass is 337 g/mol. The van der Waals surface area contributed by atoms with E-state index in [0.717, 1.165) is 24.5 Å². The molecule has 23 heavy (non-hydrogen) atoms. The van der Waals surface area contributed by atoms with Crippen molar-refractivity contribution in [3.63, 3.8) is 0 Å². The first kappa shape index (κ1) is 17.7. The van der Waals surface area contributed by atoms with Crippen LogP contribution in [0.5, 0.6) is 0 Å². The number of hydrogen-bond donors (Lipinski definition) is 2. The molecule has 0 aromatic carbocycles. The van der Waals surface area contributed by atoms with Crippen LogP contribution in [0.15, 0.2) is 11.2 Å². The molecule has 0 saturated carbocycles. The van der Waals surface area contributed by atoms with Gasteiger partial charge in [-0.15, -0.1) is 11.3 Å². The van der Waals surface area contributed by atoms with Gasteiger partial charge in [-0.25, -0.2) is 4.98 Å². The van der Waals surface area contributed by atoms with Gasteiger partial charge in [0.05, 0.1) is 6.54 Å². The maximum atomic E-state index is 12.2. The second kappa shape index (κ2) is 8.86. The molecule has 0 bridgehead atoms. The van der Waals surface area contributed by atoms with Crippen LogP contribution in [0, 0.1) is 12.8 Å². The standard InChI is InChI=1S/C16H27N5OS/c1-12-5-4-8-21(11-12)15(22)6-7-18-16(17-3)20-10-14-19-9-13(2)23-14/h9,12H,4-8,10-11H2,1-3H3,(H2,17,18,20). The lowest BCUT2D eigenvalue weighted by atomic mass is 10.00. The number of nitrogens with one attached hydrogen (secondary N) is 2. The third kappa shape index (κ3) is 5.82. The quantitative estimate of drug-likeness (QED) is 0.635. The summed E-state index contributed by atoms with van der Waals surface area (Å²) >= 11 is 1.67. The molecule has 0 spiro atoms. The fourth-order valence-corrected chi connectivity index (χ4v) is 3.45. The first-order valence-electron chi connectivity index (χ1n) is 8.22. The molecule has 128 valence electrons. The second-order valence-electron chi connectivity index (χ2n) is 6.05. The summed E-state index contributed by atoms with van der Waals surface area (Å²) in [4.78, 5) is 23.9. The first-order valence-corrected chi connectivity index (χ1v) is 9.03. The molecule has 1 aromatic heterocycles. The van der Waals surface area contributed by atoms with E-state index in [1.54, 1.807) is 18.4 Å². The minimum atomic E-state index is 0.232. The highest BCUT2D eigenvalue weighted by Gasteiger charge is 2.20. The Labute approximate surface area is 142 Å². The Morgan fingerprint density at radius 1 is 1.52 bits per heavy atom. The minimum Gasteiger partial charge on any atom is -0.356 e. The number of aryl methyl sites for hydroxylation is 1. The summed E-state index contributed by atoms with van der Waals surface area (Å²) in [5.74, 6) is 1.56. The lowest BCUT2D eigenvalue weighted by molar-refractivity contribution is -0.132. The Hall–Kier alpha value is -1.63. The smallest absolute Gasteiger partial charge is 0.224 e. The maximum Gasteiger partial charge on any atom is 0.224 e. The van der Waals surface area contributed by atoms with Gasteiger partial charge in [0.1, 0.15) is 5.01 Å². The van der Waals surface area contributed by atoms with Crippen LogP contribution in [0.25, 0.3) is 0 Å². The third-order valence-electron chi connectivity index (χ3n) is 3.94. The number of carbonyl (C=O) groups excluding carboxylic acids is 1. The van der Waals surface area contributed by atoms with Gasteiger partial charge in [0, 0.05) is 44.2 Å². The van der Waals surface area contributed by atoms with E-state index in [2.05, 4.69) is 27.5 Å². The van der Waals surface area contributed by atoms with Crippen molar-refractivity contribution in [2.24, 2.45) is 10.9 Å². The third-order valence-corrected chi connectivity index (χ3v) is 4.85. The molecule has 2 rings (SSSR count). The number of likely N-dealkylation sites (tertiary alicyclic amines) is 1. The highest BCUT2D eigenvalue weighted by molar-refractivity contribution is 7.11. The van der Waals surface area contributed by atoms with E-state index >= 15 is 0 Å². The number of aliphatic imine (C=N–C) groups is 1. The molecule has 1 fully saturated rings. The number of nitrogens with zero attached hydrogens (tertiary/aromatic N) is 3. The molecule has 0 radical (unpaired) electrons. The van der Waals surface area contributed by atoms with E-state index < -0.39 is 0 Å². The van der Waals surface area contributed by atoms with Crippen LogP contribution in [0.1, 0.15) is 36.1 Å². The van der Waals surface area contributed by atoms with Gasteiger partial charge < -0.3 is 15.5 Å². The highest BCUT2D eigenvalue weighted by atomic mass is 32.1. The summed E-state index contributed by atoms with van der Waals surface area (Å²) in [5, 5.41) is 7.45. The molecule has 1 saturated heterocycles. The zero-order chi connectivity index (χ0) is 16.7. The average Bonchev–Trinajstić information content (AvgIpc) is 2.96. The second-order valence-corrected chi connectivity index (χ2v) is 7.37. The SMILES string of the molecule is CN=C(NCCC(=O)N1CCCC(C)C1)NCc1ncc(C)s1. The molecule has 1 aliphatic heterocycles. The van der Waals surface area contributed by atoms with Crippen molar-refractivity contribution in [3.8, 4) is 0 Å². The molecule has 0 aliphatic carbocycles. The number of thiazole rings is 1. The van der Waals surface area contributed by atoms with E-state index in [-0.39, 0.29) is 5.91 Å². The van der Waals surface area contributed by atoms with E-state index in [4.69, 9.17) is 0 Å². The molecule has 6 nitrogen and oxygen atoms in total. The summed E-state index contributed by atoms with van der Waals surface area (Å²) in [6.45, 7) is 7.30. The maximum absolute atomic E-state index is 12.2. The summed E-state index contributed by atoms with van der Waals surface area (Å²) in [7, 11) is 1.73. The van der Waals surface area contributed by atoms with Crippen LogP contribution in [-0.2, 0) is 11.3 Å². The number of aromatic nitrogens is 1. The normalized spacial score (nSPS) is 18.8. The van der Waals surface area contributed by atoms with E-state index in [1.807, 2.05) is 18.0 Å². The van der Waals surface area contributed by atoms with Crippen LogP contribution in [0.2, 0.25) is 0 Å². The largest absolute Gasteiger partial charge is 0.356 e. The molecule has 1 amide bonds. The van der Waals surface area contributed by atoms with Crippen LogP contribution in [0.4, 0.5) is 0 Å². The van der Waals surface area contributed by atoms with Gasteiger partial charge in [-0.1, -0.05) is 6.92 Å². The number of carbonyl (C=O) groups is 1. The lowest BCUT2D eigenvalue weighted by Crippen LogP contribution is -2.42. The van der Waals surface area contributed by atoms with Gasteiger partial charge >= 0.3 is 0 Å². The molecular weight excluding hydrogens is 310 g/mol.